The first kappa shape index (κ1) is 22.3. The summed E-state index contributed by atoms with van der Waals surface area (Å²) in [5.74, 6) is -0.953. The van der Waals surface area contributed by atoms with Crippen molar-refractivity contribution in [1.29, 1.82) is 0 Å². The molecule has 2 amide bonds. The number of nitrogens with zero attached hydrogens (tertiary/aromatic N) is 1. The van der Waals surface area contributed by atoms with E-state index in [1.54, 1.807) is 49.9 Å². The lowest BCUT2D eigenvalue weighted by atomic mass is 10.1. The highest BCUT2D eigenvalue weighted by atomic mass is 35.5. The van der Waals surface area contributed by atoms with E-state index in [1.807, 2.05) is 0 Å². The highest BCUT2D eigenvalue weighted by molar-refractivity contribution is 7.89. The fraction of sp³-hybridized carbons (Fsp3) is 0.333. The average molecular weight is 450 g/mol. The summed E-state index contributed by atoms with van der Waals surface area (Å²) < 4.78 is 27.3. The molecule has 1 aliphatic heterocycles. The summed E-state index contributed by atoms with van der Waals surface area (Å²) in [5.41, 5.74) is 0.516. The van der Waals surface area contributed by atoms with Crippen LogP contribution in [-0.2, 0) is 19.6 Å². The number of anilines is 2. The van der Waals surface area contributed by atoms with Gasteiger partial charge < -0.3 is 10.2 Å². The molecule has 1 heterocycles. The summed E-state index contributed by atoms with van der Waals surface area (Å²) in [6, 6.07) is 12.9. The van der Waals surface area contributed by atoms with Gasteiger partial charge in [0.15, 0.2) is 0 Å². The Morgan fingerprint density at radius 1 is 1.13 bits per heavy atom. The average Bonchev–Trinajstić information content (AvgIpc) is 3.02. The van der Waals surface area contributed by atoms with Crippen LogP contribution >= 0.6 is 11.6 Å². The minimum Gasteiger partial charge on any atom is -0.326 e. The first-order valence-corrected chi connectivity index (χ1v) is 11.3. The van der Waals surface area contributed by atoms with Gasteiger partial charge in [0.2, 0.25) is 21.8 Å². The van der Waals surface area contributed by atoms with E-state index in [0.29, 0.717) is 16.4 Å². The Labute approximate surface area is 181 Å². The second-order valence-corrected chi connectivity index (χ2v) is 10.4. The van der Waals surface area contributed by atoms with Gasteiger partial charge in [-0.15, -0.1) is 0 Å². The molecule has 1 unspecified atom stereocenters. The standard InChI is InChI=1S/C21H24ClN3O4S/c1-21(2,3)24-30(28,29)18-9-7-16(8-10-18)23-20(27)14-11-19(26)25(13-14)17-6-4-5-15(22)12-17/h4-10,12,14,24H,11,13H2,1-3H3,(H,23,27). The summed E-state index contributed by atoms with van der Waals surface area (Å²) in [5, 5.41) is 3.27. The van der Waals surface area contributed by atoms with E-state index in [0.717, 1.165) is 0 Å². The van der Waals surface area contributed by atoms with E-state index in [-0.39, 0.29) is 29.7 Å². The van der Waals surface area contributed by atoms with E-state index in [2.05, 4.69) is 10.0 Å². The van der Waals surface area contributed by atoms with E-state index in [9.17, 15) is 18.0 Å². The number of hydrogen-bond acceptors (Lipinski definition) is 4. The summed E-state index contributed by atoms with van der Waals surface area (Å²) in [6.45, 7) is 5.53. The van der Waals surface area contributed by atoms with Crippen LogP contribution in [0.15, 0.2) is 53.4 Å². The van der Waals surface area contributed by atoms with Crippen molar-refractivity contribution in [2.75, 3.05) is 16.8 Å². The van der Waals surface area contributed by atoms with Gasteiger partial charge in [0.25, 0.3) is 0 Å². The molecule has 2 N–H and O–H groups in total. The predicted octanol–water partition coefficient (Wildman–Crippen LogP) is 3.41. The number of hydrogen-bond donors (Lipinski definition) is 2. The van der Waals surface area contributed by atoms with Crippen molar-refractivity contribution in [3.05, 3.63) is 53.6 Å². The van der Waals surface area contributed by atoms with Crippen molar-refractivity contribution in [1.82, 2.24) is 4.72 Å². The van der Waals surface area contributed by atoms with Crippen LogP contribution in [0.2, 0.25) is 5.02 Å². The topological polar surface area (TPSA) is 95.6 Å². The quantitative estimate of drug-likeness (QED) is 0.731. The van der Waals surface area contributed by atoms with Crippen LogP contribution in [0.3, 0.4) is 0 Å². The third-order valence-corrected chi connectivity index (χ3v) is 6.50. The minimum atomic E-state index is -3.65. The van der Waals surface area contributed by atoms with Crippen LogP contribution in [0.5, 0.6) is 0 Å². The zero-order chi connectivity index (χ0) is 22.1. The number of amides is 2. The van der Waals surface area contributed by atoms with E-state index >= 15 is 0 Å². The lowest BCUT2D eigenvalue weighted by Crippen LogP contribution is -2.40. The molecular weight excluding hydrogens is 426 g/mol. The molecular formula is C21H24ClN3O4S. The van der Waals surface area contributed by atoms with Gasteiger partial charge in [-0.05, 0) is 63.2 Å². The molecule has 1 atom stereocenters. The summed E-state index contributed by atoms with van der Waals surface area (Å²) >= 11 is 5.99. The Bertz CT molecular complexity index is 1060. The highest BCUT2D eigenvalue weighted by Gasteiger charge is 2.35. The van der Waals surface area contributed by atoms with Crippen LogP contribution in [0, 0.1) is 5.92 Å². The predicted molar refractivity (Wildman–Crippen MR) is 117 cm³/mol. The molecule has 0 radical (unpaired) electrons. The molecule has 9 heteroatoms. The van der Waals surface area contributed by atoms with E-state index in [4.69, 9.17) is 11.6 Å². The molecule has 1 fully saturated rings. The summed E-state index contributed by atoms with van der Waals surface area (Å²) in [6.07, 6.45) is 0.0975. The third kappa shape index (κ3) is 5.38. The fourth-order valence-electron chi connectivity index (χ4n) is 3.20. The number of carbonyl (C=O) groups excluding carboxylic acids is 2. The third-order valence-electron chi connectivity index (χ3n) is 4.49. The molecule has 2 aromatic rings. The smallest absolute Gasteiger partial charge is 0.241 e. The maximum atomic E-state index is 12.6. The normalized spacial score (nSPS) is 17.3. The molecule has 1 aliphatic rings. The second-order valence-electron chi connectivity index (χ2n) is 8.25. The maximum Gasteiger partial charge on any atom is 0.241 e. The molecule has 0 bridgehead atoms. The monoisotopic (exact) mass is 449 g/mol. The molecule has 160 valence electrons. The molecule has 0 aromatic heterocycles. The molecule has 0 aliphatic carbocycles. The van der Waals surface area contributed by atoms with E-state index < -0.39 is 21.5 Å². The van der Waals surface area contributed by atoms with Gasteiger partial charge in [0.1, 0.15) is 0 Å². The lowest BCUT2D eigenvalue weighted by molar-refractivity contribution is -0.122. The number of halogens is 1. The van der Waals surface area contributed by atoms with Crippen LogP contribution < -0.4 is 14.9 Å². The largest absolute Gasteiger partial charge is 0.326 e. The van der Waals surface area contributed by atoms with Crippen molar-refractivity contribution in [3.63, 3.8) is 0 Å². The van der Waals surface area contributed by atoms with Crippen molar-refractivity contribution < 1.29 is 18.0 Å². The van der Waals surface area contributed by atoms with Gasteiger partial charge in [-0.25, -0.2) is 13.1 Å². The minimum absolute atomic E-state index is 0.0975. The maximum absolute atomic E-state index is 12.6. The zero-order valence-electron chi connectivity index (χ0n) is 17.0. The fourth-order valence-corrected chi connectivity index (χ4v) is 4.80. The van der Waals surface area contributed by atoms with Gasteiger partial charge in [0.05, 0.1) is 10.8 Å². The number of rotatable bonds is 5. The second kappa shape index (κ2) is 8.37. The Balaban J connectivity index is 1.66. The Hall–Kier alpha value is -2.42. The van der Waals surface area contributed by atoms with Crippen LogP contribution in [0.25, 0.3) is 0 Å². The van der Waals surface area contributed by atoms with Gasteiger partial charge in [-0.1, -0.05) is 17.7 Å². The number of benzene rings is 2. The van der Waals surface area contributed by atoms with E-state index in [1.165, 1.54) is 24.3 Å². The van der Waals surface area contributed by atoms with Gasteiger partial charge in [-0.2, -0.15) is 0 Å². The van der Waals surface area contributed by atoms with Crippen LogP contribution in [0.4, 0.5) is 11.4 Å². The summed E-state index contributed by atoms with van der Waals surface area (Å²) in [4.78, 5) is 26.6. The Kier molecular flexibility index (Phi) is 6.21. The molecule has 3 rings (SSSR count). The molecule has 2 aromatic carbocycles. The zero-order valence-corrected chi connectivity index (χ0v) is 18.5. The van der Waals surface area contributed by atoms with Crippen molar-refractivity contribution >= 4 is 44.8 Å². The first-order chi connectivity index (χ1) is 13.9. The molecule has 0 spiro atoms. The number of carbonyl (C=O) groups is 2. The first-order valence-electron chi connectivity index (χ1n) is 9.45. The van der Waals surface area contributed by atoms with Crippen LogP contribution in [-0.4, -0.2) is 32.3 Å². The molecule has 7 nitrogen and oxygen atoms in total. The molecule has 30 heavy (non-hydrogen) atoms. The van der Waals surface area contributed by atoms with Crippen molar-refractivity contribution in [2.45, 2.75) is 37.6 Å². The number of nitrogens with one attached hydrogen (secondary N) is 2. The molecule has 0 saturated carbocycles. The van der Waals surface area contributed by atoms with Gasteiger partial charge in [0, 0.05) is 34.9 Å². The van der Waals surface area contributed by atoms with Crippen molar-refractivity contribution in [2.24, 2.45) is 5.92 Å². The highest BCUT2D eigenvalue weighted by Crippen LogP contribution is 2.28. The Morgan fingerprint density at radius 3 is 2.40 bits per heavy atom. The lowest BCUT2D eigenvalue weighted by Gasteiger charge is -2.20. The summed E-state index contributed by atoms with van der Waals surface area (Å²) in [7, 11) is -3.65. The number of sulfonamides is 1. The van der Waals surface area contributed by atoms with Gasteiger partial charge in [-0.3, -0.25) is 9.59 Å². The van der Waals surface area contributed by atoms with Crippen molar-refractivity contribution in [3.8, 4) is 0 Å². The molecule has 1 saturated heterocycles. The Morgan fingerprint density at radius 2 is 1.80 bits per heavy atom. The van der Waals surface area contributed by atoms with Crippen LogP contribution in [0.1, 0.15) is 27.2 Å². The van der Waals surface area contributed by atoms with Gasteiger partial charge >= 0.3 is 0 Å². The SMILES string of the molecule is CC(C)(C)NS(=O)(=O)c1ccc(NC(=O)C2CC(=O)N(c3cccc(Cl)c3)C2)cc1.